The number of carbonyl (C=O) groups is 1. The maximum atomic E-state index is 11.3. The van der Waals surface area contributed by atoms with Crippen LogP contribution in [0.25, 0.3) is 0 Å². The third-order valence-electron chi connectivity index (χ3n) is 1.65. The Balaban J connectivity index is 3.91. The Morgan fingerprint density at radius 2 is 2.00 bits per heavy atom. The first kappa shape index (κ1) is 14.2. The monoisotopic (exact) mass is 219 g/mol. The number of ether oxygens (including phenoxy) is 1. The lowest BCUT2D eigenvalue weighted by Crippen LogP contribution is -2.41. The Hall–Kier alpha value is -0.810. The van der Waals surface area contributed by atoms with E-state index in [0.717, 1.165) is 0 Å². The van der Waals surface area contributed by atoms with Gasteiger partial charge in [-0.3, -0.25) is 0 Å². The maximum absolute atomic E-state index is 11.3. The van der Waals surface area contributed by atoms with Crippen molar-refractivity contribution in [1.82, 2.24) is 5.32 Å². The molecule has 90 valence electrons. The Kier molecular flexibility index (Phi) is 6.27. The van der Waals surface area contributed by atoms with E-state index < -0.39 is 11.7 Å². The fraction of sp³-hybridized carbons (Fsp3) is 0.900. The lowest BCUT2D eigenvalue weighted by atomic mass is 10.2. The van der Waals surface area contributed by atoms with Crippen LogP contribution < -0.4 is 5.32 Å². The molecule has 0 saturated heterocycles. The van der Waals surface area contributed by atoms with Gasteiger partial charge in [0.1, 0.15) is 5.60 Å². The first-order valence-electron chi connectivity index (χ1n) is 5.10. The number of aliphatic hydroxyl groups excluding tert-OH is 2. The molecule has 0 aromatic heterocycles. The van der Waals surface area contributed by atoms with Crippen LogP contribution in [0.4, 0.5) is 4.79 Å². The van der Waals surface area contributed by atoms with Gasteiger partial charge < -0.3 is 20.3 Å². The molecule has 0 rings (SSSR count). The fourth-order valence-electron chi connectivity index (χ4n) is 1.02. The van der Waals surface area contributed by atoms with E-state index in [1.54, 1.807) is 20.8 Å². The lowest BCUT2D eigenvalue weighted by molar-refractivity contribution is 0.0476. The second kappa shape index (κ2) is 6.63. The number of hydrogen-bond donors (Lipinski definition) is 3. The van der Waals surface area contributed by atoms with Gasteiger partial charge in [0.25, 0.3) is 0 Å². The average Bonchev–Trinajstić information content (AvgIpc) is 2.09. The molecule has 0 spiro atoms. The molecule has 0 aliphatic carbocycles. The first-order chi connectivity index (χ1) is 6.89. The second-order valence-corrected chi connectivity index (χ2v) is 4.39. The summed E-state index contributed by atoms with van der Waals surface area (Å²) in [7, 11) is 0. The van der Waals surface area contributed by atoms with Crippen LogP contribution in [0, 0.1) is 0 Å². The van der Waals surface area contributed by atoms with Crippen molar-refractivity contribution < 1.29 is 19.7 Å². The SMILES string of the molecule is CC(C)(C)OC(=O)N[C@@H](CO)CCCO. The summed E-state index contributed by atoms with van der Waals surface area (Å²) in [6, 6.07) is -0.355. The molecule has 1 atom stereocenters. The van der Waals surface area contributed by atoms with Crippen molar-refractivity contribution in [1.29, 1.82) is 0 Å². The van der Waals surface area contributed by atoms with Gasteiger partial charge in [-0.05, 0) is 33.6 Å². The quantitative estimate of drug-likeness (QED) is 0.634. The van der Waals surface area contributed by atoms with Gasteiger partial charge in [-0.15, -0.1) is 0 Å². The Morgan fingerprint density at radius 1 is 1.40 bits per heavy atom. The number of alkyl carbamates (subject to hydrolysis) is 1. The third-order valence-corrected chi connectivity index (χ3v) is 1.65. The number of aliphatic hydroxyl groups is 2. The predicted octanol–water partition coefficient (Wildman–Crippen LogP) is 0.645. The van der Waals surface area contributed by atoms with Gasteiger partial charge >= 0.3 is 6.09 Å². The number of hydrogen-bond acceptors (Lipinski definition) is 4. The third kappa shape index (κ3) is 8.20. The molecule has 0 fully saturated rings. The van der Waals surface area contributed by atoms with Gasteiger partial charge in [-0.2, -0.15) is 0 Å². The molecule has 3 N–H and O–H groups in total. The second-order valence-electron chi connectivity index (χ2n) is 4.39. The standard InChI is InChI=1S/C10H21NO4/c1-10(2,3)15-9(14)11-8(7-13)5-4-6-12/h8,12-13H,4-7H2,1-3H3,(H,11,14)/t8-/m1/s1. The molecule has 5 nitrogen and oxygen atoms in total. The van der Waals surface area contributed by atoms with E-state index >= 15 is 0 Å². The van der Waals surface area contributed by atoms with E-state index in [2.05, 4.69) is 5.32 Å². The molecule has 5 heteroatoms. The minimum Gasteiger partial charge on any atom is -0.444 e. The molecule has 0 unspecified atom stereocenters. The highest BCUT2D eigenvalue weighted by atomic mass is 16.6. The molecular weight excluding hydrogens is 198 g/mol. The van der Waals surface area contributed by atoms with Crippen LogP contribution in [0.15, 0.2) is 0 Å². The molecule has 0 aromatic carbocycles. The molecule has 0 heterocycles. The van der Waals surface area contributed by atoms with Gasteiger partial charge in [0, 0.05) is 6.61 Å². The van der Waals surface area contributed by atoms with Crippen molar-refractivity contribution in [2.45, 2.75) is 45.3 Å². The van der Waals surface area contributed by atoms with E-state index in [-0.39, 0.29) is 19.3 Å². The number of amides is 1. The zero-order valence-electron chi connectivity index (χ0n) is 9.62. The summed E-state index contributed by atoms with van der Waals surface area (Å²) in [4.78, 5) is 11.3. The van der Waals surface area contributed by atoms with Crippen molar-refractivity contribution in [2.24, 2.45) is 0 Å². The zero-order chi connectivity index (χ0) is 11.9. The Bertz CT molecular complexity index is 188. The maximum Gasteiger partial charge on any atom is 0.407 e. The minimum atomic E-state index is -0.542. The van der Waals surface area contributed by atoms with Crippen LogP contribution in [-0.2, 0) is 4.74 Å². The summed E-state index contributed by atoms with van der Waals surface area (Å²) in [6.45, 7) is 5.21. The molecule has 0 bridgehead atoms. The lowest BCUT2D eigenvalue weighted by Gasteiger charge is -2.22. The Labute approximate surface area is 90.4 Å². The van der Waals surface area contributed by atoms with Gasteiger partial charge in [0.05, 0.1) is 12.6 Å². The summed E-state index contributed by atoms with van der Waals surface area (Å²) in [6.07, 6.45) is 0.535. The number of rotatable bonds is 5. The van der Waals surface area contributed by atoms with E-state index in [9.17, 15) is 4.79 Å². The van der Waals surface area contributed by atoms with E-state index in [1.807, 2.05) is 0 Å². The smallest absolute Gasteiger partial charge is 0.407 e. The molecule has 15 heavy (non-hydrogen) atoms. The zero-order valence-corrected chi connectivity index (χ0v) is 9.62. The molecule has 1 amide bonds. The van der Waals surface area contributed by atoms with Gasteiger partial charge in [0.2, 0.25) is 0 Å². The van der Waals surface area contributed by atoms with Crippen molar-refractivity contribution in [2.75, 3.05) is 13.2 Å². The summed E-state index contributed by atoms with van der Waals surface area (Å²) >= 11 is 0. The highest BCUT2D eigenvalue weighted by Crippen LogP contribution is 2.07. The van der Waals surface area contributed by atoms with Crippen LogP contribution in [0.3, 0.4) is 0 Å². The van der Waals surface area contributed by atoms with Gasteiger partial charge in [-0.25, -0.2) is 4.79 Å². The van der Waals surface area contributed by atoms with Crippen molar-refractivity contribution in [3.05, 3.63) is 0 Å². The molecule has 0 aromatic rings. The highest BCUT2D eigenvalue weighted by molar-refractivity contribution is 5.68. The van der Waals surface area contributed by atoms with Crippen LogP contribution >= 0.6 is 0 Å². The van der Waals surface area contributed by atoms with E-state index in [1.165, 1.54) is 0 Å². The van der Waals surface area contributed by atoms with Crippen LogP contribution in [0.5, 0.6) is 0 Å². The van der Waals surface area contributed by atoms with Crippen LogP contribution in [0.1, 0.15) is 33.6 Å². The van der Waals surface area contributed by atoms with Crippen molar-refractivity contribution in [3.8, 4) is 0 Å². The summed E-state index contributed by atoms with van der Waals surface area (Å²) in [5.41, 5.74) is -0.541. The van der Waals surface area contributed by atoms with Gasteiger partial charge in [-0.1, -0.05) is 0 Å². The number of carbonyl (C=O) groups excluding carboxylic acids is 1. The molecule has 0 aliphatic heterocycles. The summed E-state index contributed by atoms with van der Waals surface area (Å²) in [5, 5.41) is 20.1. The van der Waals surface area contributed by atoms with Crippen molar-refractivity contribution >= 4 is 6.09 Å². The van der Waals surface area contributed by atoms with Crippen molar-refractivity contribution in [3.63, 3.8) is 0 Å². The van der Waals surface area contributed by atoms with Crippen LogP contribution in [-0.4, -0.2) is 41.2 Å². The molecule has 0 aliphatic rings. The molecular formula is C10H21NO4. The topological polar surface area (TPSA) is 78.8 Å². The predicted molar refractivity (Wildman–Crippen MR) is 56.6 cm³/mol. The Morgan fingerprint density at radius 3 is 2.40 bits per heavy atom. The fourth-order valence-corrected chi connectivity index (χ4v) is 1.02. The van der Waals surface area contributed by atoms with E-state index in [4.69, 9.17) is 14.9 Å². The first-order valence-corrected chi connectivity index (χ1v) is 5.10. The normalized spacial score (nSPS) is 13.4. The minimum absolute atomic E-state index is 0.0481. The summed E-state index contributed by atoms with van der Waals surface area (Å²) < 4.78 is 5.03. The largest absolute Gasteiger partial charge is 0.444 e. The van der Waals surface area contributed by atoms with Gasteiger partial charge in [0.15, 0.2) is 0 Å². The molecule has 0 radical (unpaired) electrons. The highest BCUT2D eigenvalue weighted by Gasteiger charge is 2.18. The van der Waals surface area contributed by atoms with E-state index in [0.29, 0.717) is 12.8 Å². The summed E-state index contributed by atoms with van der Waals surface area (Å²) in [5.74, 6) is 0. The molecule has 0 saturated carbocycles. The average molecular weight is 219 g/mol. The number of nitrogens with one attached hydrogen (secondary N) is 1. The van der Waals surface area contributed by atoms with Crippen LogP contribution in [0.2, 0.25) is 0 Å².